The third-order valence-corrected chi connectivity index (χ3v) is 8.29. The highest BCUT2D eigenvalue weighted by atomic mass is 33.1. The van der Waals surface area contributed by atoms with Gasteiger partial charge in [0.15, 0.2) is 0 Å². The first-order valence-electron chi connectivity index (χ1n) is 9.28. The summed E-state index contributed by atoms with van der Waals surface area (Å²) in [5, 5.41) is 8.83. The molecule has 1 saturated heterocycles. The molecule has 0 spiro atoms. The van der Waals surface area contributed by atoms with Gasteiger partial charge < -0.3 is 13.8 Å². The first-order chi connectivity index (χ1) is 12.6. The van der Waals surface area contributed by atoms with Crippen LogP contribution in [0, 0.1) is 16.7 Å². The number of nitrogens with zero attached hydrogens (tertiary/aromatic N) is 2. The molecule has 0 aromatic heterocycles. The fraction of sp³-hybridized carbons (Fsp3) is 0.889. The van der Waals surface area contributed by atoms with Gasteiger partial charge in [0.05, 0.1) is 24.5 Å². The van der Waals surface area contributed by atoms with Gasteiger partial charge in [-0.15, -0.1) is 0 Å². The molecule has 1 heterocycles. The number of nitriles is 1. The number of carbonyl (C=O) groups excluding carboxylic acids is 1. The van der Waals surface area contributed by atoms with Gasteiger partial charge >= 0.3 is 5.97 Å². The summed E-state index contributed by atoms with van der Waals surface area (Å²) in [7, 11) is 2.07. The minimum absolute atomic E-state index is 0.215. The fourth-order valence-corrected chi connectivity index (χ4v) is 6.63. The van der Waals surface area contributed by atoms with Crippen molar-refractivity contribution >= 4 is 36.1 Å². The predicted molar refractivity (Wildman–Crippen MR) is 114 cm³/mol. The summed E-state index contributed by atoms with van der Waals surface area (Å²) in [4.78, 5) is 12.4. The first-order valence-corrected chi connectivity index (χ1v) is 12.9. The molecule has 1 aliphatic rings. The number of ether oxygens (including phenoxy) is 1. The van der Waals surface area contributed by atoms with Gasteiger partial charge in [-0.25, -0.2) is 4.67 Å². The highest BCUT2D eigenvalue weighted by Gasteiger charge is 2.38. The Morgan fingerprint density at radius 1 is 1.19 bits per heavy atom. The van der Waals surface area contributed by atoms with Crippen LogP contribution in [0.3, 0.4) is 0 Å². The molecule has 0 bridgehead atoms. The van der Waals surface area contributed by atoms with E-state index >= 15 is 0 Å². The second-order valence-corrected chi connectivity index (χ2v) is 11.9. The second kappa shape index (κ2) is 11.8. The maximum atomic E-state index is 12.4. The Labute approximate surface area is 173 Å². The van der Waals surface area contributed by atoms with Crippen molar-refractivity contribution in [3.8, 4) is 6.07 Å². The van der Waals surface area contributed by atoms with E-state index in [1.165, 1.54) is 0 Å². The van der Waals surface area contributed by atoms with E-state index in [2.05, 4.69) is 38.4 Å². The van der Waals surface area contributed by atoms with Crippen molar-refractivity contribution in [3.05, 3.63) is 0 Å². The van der Waals surface area contributed by atoms with Gasteiger partial charge in [0.2, 0.25) is 0 Å². The lowest BCUT2D eigenvalue weighted by atomic mass is 9.97. The Hall–Kier alpha value is -0.0300. The molecular weight excluding hydrogens is 403 g/mol. The van der Waals surface area contributed by atoms with E-state index in [9.17, 15) is 4.79 Å². The van der Waals surface area contributed by atoms with Gasteiger partial charge in [-0.1, -0.05) is 21.6 Å². The van der Waals surface area contributed by atoms with Crippen LogP contribution < -0.4 is 0 Å². The van der Waals surface area contributed by atoms with Crippen molar-refractivity contribution in [1.82, 2.24) is 4.67 Å². The van der Waals surface area contributed by atoms with Crippen molar-refractivity contribution in [2.24, 2.45) is 5.41 Å². The first kappa shape index (κ1) is 25.0. The molecular formula is C18H33N2O4PS2. The SMILES string of the molecule is CC(C)N(C(C)C)P(OCCC#N)O[C@H]1CSSC[C@@H]1OC(=O)C(C)(C)C. The highest BCUT2D eigenvalue weighted by Crippen LogP contribution is 2.49. The average Bonchev–Trinajstić information content (AvgIpc) is 2.55. The molecule has 1 rings (SSSR count). The van der Waals surface area contributed by atoms with Gasteiger partial charge in [0, 0.05) is 23.6 Å². The fourth-order valence-electron chi connectivity index (χ4n) is 2.38. The normalized spacial score (nSPS) is 22.1. The molecule has 9 heteroatoms. The lowest BCUT2D eigenvalue weighted by molar-refractivity contribution is -0.161. The zero-order valence-electron chi connectivity index (χ0n) is 17.4. The van der Waals surface area contributed by atoms with Crippen molar-refractivity contribution in [2.75, 3.05) is 18.1 Å². The van der Waals surface area contributed by atoms with E-state index in [0.29, 0.717) is 18.8 Å². The maximum Gasteiger partial charge on any atom is 0.311 e. The molecule has 156 valence electrons. The minimum Gasteiger partial charge on any atom is -0.458 e. The Balaban J connectivity index is 2.90. The summed E-state index contributed by atoms with van der Waals surface area (Å²) < 4.78 is 20.4. The molecule has 0 saturated carbocycles. The van der Waals surface area contributed by atoms with Crippen LogP contribution in [0.25, 0.3) is 0 Å². The van der Waals surface area contributed by atoms with Crippen molar-refractivity contribution in [2.45, 2.75) is 79.2 Å². The predicted octanol–water partition coefficient (Wildman–Crippen LogP) is 5.00. The molecule has 0 amide bonds. The van der Waals surface area contributed by atoms with Crippen LogP contribution >= 0.6 is 30.1 Å². The van der Waals surface area contributed by atoms with E-state index < -0.39 is 13.9 Å². The van der Waals surface area contributed by atoms with Crippen molar-refractivity contribution in [1.29, 1.82) is 5.26 Å². The molecule has 0 radical (unpaired) electrons. The zero-order chi connectivity index (χ0) is 20.6. The number of carbonyl (C=O) groups is 1. The molecule has 0 N–H and O–H groups in total. The maximum absolute atomic E-state index is 12.4. The number of hydrogen-bond donors (Lipinski definition) is 0. The lowest BCUT2D eigenvalue weighted by Gasteiger charge is -2.39. The monoisotopic (exact) mass is 436 g/mol. The summed E-state index contributed by atoms with van der Waals surface area (Å²) in [6, 6.07) is 2.58. The minimum atomic E-state index is -1.35. The van der Waals surface area contributed by atoms with E-state index in [1.54, 1.807) is 21.6 Å². The molecule has 1 aliphatic heterocycles. The molecule has 0 aromatic rings. The molecule has 6 nitrogen and oxygen atoms in total. The van der Waals surface area contributed by atoms with Crippen LogP contribution in [0.4, 0.5) is 0 Å². The van der Waals surface area contributed by atoms with E-state index in [-0.39, 0.29) is 30.3 Å². The van der Waals surface area contributed by atoms with Crippen LogP contribution in [0.2, 0.25) is 0 Å². The Morgan fingerprint density at radius 3 is 2.22 bits per heavy atom. The van der Waals surface area contributed by atoms with Gasteiger partial charge in [0.25, 0.3) is 8.53 Å². The topological polar surface area (TPSA) is 71.8 Å². The number of hydrogen-bond acceptors (Lipinski definition) is 8. The van der Waals surface area contributed by atoms with Gasteiger partial charge in [-0.2, -0.15) is 5.26 Å². The van der Waals surface area contributed by atoms with Crippen molar-refractivity contribution in [3.63, 3.8) is 0 Å². The summed E-state index contributed by atoms with van der Waals surface area (Å²) >= 11 is 0. The molecule has 27 heavy (non-hydrogen) atoms. The Kier molecular flexibility index (Phi) is 11.0. The molecule has 1 fully saturated rings. The molecule has 0 aromatic carbocycles. The van der Waals surface area contributed by atoms with Gasteiger partial charge in [0.1, 0.15) is 12.2 Å². The van der Waals surface area contributed by atoms with Gasteiger partial charge in [-0.3, -0.25) is 4.79 Å². The Bertz CT molecular complexity index is 501. The van der Waals surface area contributed by atoms with Gasteiger partial charge in [-0.05, 0) is 48.5 Å². The number of rotatable bonds is 9. The van der Waals surface area contributed by atoms with E-state index in [0.717, 1.165) is 5.75 Å². The molecule has 3 atom stereocenters. The largest absolute Gasteiger partial charge is 0.458 e. The standard InChI is InChI=1S/C18H33N2O4PS2/c1-13(2)20(14(3)4)25(22-10-8-9-19)24-16-12-27-26-11-15(16)23-17(21)18(5,6)7/h13-16H,8,10-12H2,1-7H3/t15-,16-,25?/m0/s1. The summed E-state index contributed by atoms with van der Waals surface area (Å²) in [5.74, 6) is 1.21. The summed E-state index contributed by atoms with van der Waals surface area (Å²) in [6.45, 7) is 14.3. The summed E-state index contributed by atoms with van der Waals surface area (Å²) in [5.41, 5.74) is -0.546. The van der Waals surface area contributed by atoms with Crippen LogP contribution in [-0.2, 0) is 18.6 Å². The quantitative estimate of drug-likeness (QED) is 0.216. The smallest absolute Gasteiger partial charge is 0.311 e. The van der Waals surface area contributed by atoms with Crippen LogP contribution in [-0.4, -0.2) is 53.0 Å². The lowest BCUT2D eigenvalue weighted by Crippen LogP contribution is -2.43. The van der Waals surface area contributed by atoms with Crippen molar-refractivity contribution < 1.29 is 18.6 Å². The molecule has 1 unspecified atom stereocenters. The van der Waals surface area contributed by atoms with Crippen LogP contribution in [0.5, 0.6) is 0 Å². The van der Waals surface area contributed by atoms with Crippen LogP contribution in [0.1, 0.15) is 54.9 Å². The highest BCUT2D eigenvalue weighted by molar-refractivity contribution is 8.76. The van der Waals surface area contributed by atoms with Crippen LogP contribution in [0.15, 0.2) is 0 Å². The summed E-state index contributed by atoms with van der Waals surface area (Å²) in [6.07, 6.45) is -0.200. The third kappa shape index (κ3) is 8.47. The Morgan fingerprint density at radius 2 is 1.74 bits per heavy atom. The number of esters is 1. The zero-order valence-corrected chi connectivity index (χ0v) is 20.0. The second-order valence-electron chi connectivity index (χ2n) is 7.95. The third-order valence-electron chi connectivity index (χ3n) is 3.72. The van der Waals surface area contributed by atoms with E-state index in [1.807, 2.05) is 20.8 Å². The molecule has 0 aliphatic carbocycles. The average molecular weight is 437 g/mol. The van der Waals surface area contributed by atoms with E-state index in [4.69, 9.17) is 19.0 Å².